The minimum absolute atomic E-state index is 0.232. The number of halogens is 3. The van der Waals surface area contributed by atoms with Crippen molar-refractivity contribution in [2.75, 3.05) is 10.2 Å². The first-order valence-corrected chi connectivity index (χ1v) is 11.7. The maximum Gasteiger partial charge on any atom is 0.236 e. The fourth-order valence-corrected chi connectivity index (χ4v) is 5.33. The number of rotatable bonds is 3. The Morgan fingerprint density at radius 2 is 1.61 bits per heavy atom. The molecular formula is C24H18Cl3N3O2S. The smallest absolute Gasteiger partial charge is 0.236 e. The number of benzene rings is 3. The van der Waals surface area contributed by atoms with E-state index in [1.54, 1.807) is 48.5 Å². The van der Waals surface area contributed by atoms with Gasteiger partial charge in [0.1, 0.15) is 11.7 Å². The number of nitrogens with zero attached hydrogens (tertiary/aromatic N) is 1. The normalized spacial score (nSPS) is 23.3. The van der Waals surface area contributed by atoms with Crippen LogP contribution in [0.2, 0.25) is 15.1 Å². The largest absolute Gasteiger partial charge is 0.467 e. The predicted octanol–water partition coefficient (Wildman–Crippen LogP) is 6.45. The van der Waals surface area contributed by atoms with E-state index in [-0.39, 0.29) is 5.91 Å². The molecule has 5 rings (SSSR count). The van der Waals surface area contributed by atoms with Crippen LogP contribution in [0.4, 0.5) is 11.4 Å². The molecule has 1 saturated heterocycles. The molecule has 3 unspecified atom stereocenters. The van der Waals surface area contributed by atoms with Gasteiger partial charge >= 0.3 is 0 Å². The molecule has 2 N–H and O–H groups in total. The molecule has 0 aliphatic carbocycles. The quantitative estimate of drug-likeness (QED) is 0.391. The van der Waals surface area contributed by atoms with E-state index in [9.17, 15) is 4.79 Å². The van der Waals surface area contributed by atoms with Crippen LogP contribution in [0, 0.1) is 5.92 Å². The molecule has 2 aliphatic rings. The van der Waals surface area contributed by atoms with Crippen molar-refractivity contribution in [2.45, 2.75) is 18.7 Å². The van der Waals surface area contributed by atoms with Crippen LogP contribution in [-0.2, 0) is 4.79 Å². The predicted molar refractivity (Wildman–Crippen MR) is 136 cm³/mol. The summed E-state index contributed by atoms with van der Waals surface area (Å²) in [6, 6.07) is 19.1. The number of fused-ring (bicyclic) bond motifs is 4. The molecule has 0 aromatic heterocycles. The highest BCUT2D eigenvalue weighted by atomic mass is 35.5. The highest BCUT2D eigenvalue weighted by Gasteiger charge is 2.59. The van der Waals surface area contributed by atoms with Crippen LogP contribution >= 0.6 is 47.0 Å². The van der Waals surface area contributed by atoms with E-state index in [0.717, 1.165) is 11.3 Å². The minimum atomic E-state index is -1.13. The number of ether oxygens (including phenoxy) is 1. The molecule has 168 valence electrons. The van der Waals surface area contributed by atoms with Crippen molar-refractivity contribution < 1.29 is 9.53 Å². The van der Waals surface area contributed by atoms with Crippen LogP contribution in [0.1, 0.15) is 18.5 Å². The molecule has 0 spiro atoms. The SMILES string of the molecule is CC12Oc3ccc(Cl)cc3C(NC(=S)N1c1ccc(Cl)cc1)C2C(=O)Nc1ccc(Cl)cc1. The Bertz CT molecular complexity index is 1250. The maximum atomic E-state index is 13.7. The van der Waals surface area contributed by atoms with E-state index in [2.05, 4.69) is 10.6 Å². The Kier molecular flexibility index (Phi) is 5.65. The topological polar surface area (TPSA) is 53.6 Å². The number of anilines is 2. The zero-order valence-electron chi connectivity index (χ0n) is 17.3. The van der Waals surface area contributed by atoms with Crippen molar-refractivity contribution >= 4 is 69.4 Å². The average Bonchev–Trinajstić information content (AvgIpc) is 2.77. The Morgan fingerprint density at radius 3 is 2.27 bits per heavy atom. The van der Waals surface area contributed by atoms with Gasteiger partial charge in [-0.3, -0.25) is 9.69 Å². The first-order valence-electron chi connectivity index (χ1n) is 10.2. The number of carbonyl (C=O) groups excluding carboxylic acids is 1. The van der Waals surface area contributed by atoms with E-state index in [4.69, 9.17) is 51.8 Å². The Morgan fingerprint density at radius 1 is 1.00 bits per heavy atom. The Labute approximate surface area is 211 Å². The minimum Gasteiger partial charge on any atom is -0.467 e. The Balaban J connectivity index is 1.62. The van der Waals surface area contributed by atoms with Crippen LogP contribution in [0.15, 0.2) is 66.7 Å². The third kappa shape index (κ3) is 3.91. The van der Waals surface area contributed by atoms with Crippen LogP contribution in [0.3, 0.4) is 0 Å². The van der Waals surface area contributed by atoms with Crippen LogP contribution in [0.25, 0.3) is 0 Å². The zero-order valence-corrected chi connectivity index (χ0v) is 20.4. The van der Waals surface area contributed by atoms with Gasteiger partial charge in [-0.2, -0.15) is 0 Å². The zero-order chi connectivity index (χ0) is 23.3. The summed E-state index contributed by atoms with van der Waals surface area (Å²) < 4.78 is 6.53. The molecule has 0 radical (unpaired) electrons. The standard InChI is InChI=1S/C24H18Cl3N3O2S/c1-24-20(22(31)28-16-7-2-13(25)3-8-16)21(18-12-15(27)6-11-19(18)32-24)29-23(33)30(24)17-9-4-14(26)5-10-17/h2-12,20-21H,1H3,(H,28,31)(H,29,33). The second kappa shape index (κ2) is 8.37. The van der Waals surface area contributed by atoms with Gasteiger partial charge in [-0.15, -0.1) is 0 Å². The number of amides is 1. The second-order valence-corrected chi connectivity index (χ2v) is 9.75. The van der Waals surface area contributed by atoms with Crippen molar-refractivity contribution in [2.24, 2.45) is 5.92 Å². The van der Waals surface area contributed by atoms with E-state index in [0.29, 0.717) is 31.6 Å². The van der Waals surface area contributed by atoms with Crippen molar-refractivity contribution in [3.8, 4) is 5.75 Å². The summed E-state index contributed by atoms with van der Waals surface area (Å²) >= 11 is 24.1. The third-order valence-corrected chi connectivity index (χ3v) is 6.98. The monoisotopic (exact) mass is 517 g/mol. The molecule has 9 heteroatoms. The van der Waals surface area contributed by atoms with Gasteiger partial charge in [0, 0.05) is 32.0 Å². The highest BCUT2D eigenvalue weighted by Crippen LogP contribution is 2.50. The first kappa shape index (κ1) is 22.3. The molecule has 2 aliphatic heterocycles. The van der Waals surface area contributed by atoms with Gasteiger partial charge in [0.15, 0.2) is 10.8 Å². The summed E-state index contributed by atoms with van der Waals surface area (Å²) in [5.74, 6) is -0.276. The summed E-state index contributed by atoms with van der Waals surface area (Å²) in [5.41, 5.74) is 1.02. The molecule has 3 atom stereocenters. The molecule has 0 saturated carbocycles. The maximum absolute atomic E-state index is 13.7. The number of nitrogens with one attached hydrogen (secondary N) is 2. The summed E-state index contributed by atoms with van der Waals surface area (Å²) in [7, 11) is 0. The fraction of sp³-hybridized carbons (Fsp3) is 0.167. The lowest BCUT2D eigenvalue weighted by Crippen LogP contribution is -2.72. The second-order valence-electron chi connectivity index (χ2n) is 8.05. The van der Waals surface area contributed by atoms with Gasteiger partial charge in [0.2, 0.25) is 5.91 Å². The van der Waals surface area contributed by atoms with Gasteiger partial charge in [-0.05, 0) is 85.9 Å². The molecule has 1 amide bonds. The third-order valence-electron chi connectivity index (χ3n) is 5.94. The van der Waals surface area contributed by atoms with Crippen molar-refractivity contribution in [3.63, 3.8) is 0 Å². The van der Waals surface area contributed by atoms with E-state index in [1.165, 1.54) is 0 Å². The number of carbonyl (C=O) groups is 1. The molecule has 33 heavy (non-hydrogen) atoms. The van der Waals surface area contributed by atoms with Crippen LogP contribution < -0.4 is 20.3 Å². The summed E-state index contributed by atoms with van der Waals surface area (Å²) in [5, 5.41) is 8.51. The molecule has 5 nitrogen and oxygen atoms in total. The molecular weight excluding hydrogens is 501 g/mol. The highest BCUT2D eigenvalue weighted by molar-refractivity contribution is 7.80. The molecule has 3 aromatic rings. The number of hydrogen-bond acceptors (Lipinski definition) is 3. The fourth-order valence-electron chi connectivity index (χ4n) is 4.49. The summed E-state index contributed by atoms with van der Waals surface area (Å²) in [6.45, 7) is 1.87. The molecule has 2 bridgehead atoms. The van der Waals surface area contributed by atoms with Crippen molar-refractivity contribution in [1.82, 2.24) is 5.32 Å². The van der Waals surface area contributed by atoms with Gasteiger partial charge in [0.25, 0.3) is 0 Å². The lowest BCUT2D eigenvalue weighted by atomic mass is 9.78. The average molecular weight is 519 g/mol. The van der Waals surface area contributed by atoms with E-state index >= 15 is 0 Å². The van der Waals surface area contributed by atoms with Crippen LogP contribution in [0.5, 0.6) is 5.75 Å². The molecule has 3 aromatic carbocycles. The van der Waals surface area contributed by atoms with Gasteiger partial charge in [0.05, 0.1) is 6.04 Å². The molecule has 1 fully saturated rings. The van der Waals surface area contributed by atoms with Crippen molar-refractivity contribution in [1.29, 1.82) is 0 Å². The first-order chi connectivity index (χ1) is 15.8. The number of hydrogen-bond donors (Lipinski definition) is 2. The molecule has 2 heterocycles. The van der Waals surface area contributed by atoms with Gasteiger partial charge < -0.3 is 15.4 Å². The van der Waals surface area contributed by atoms with E-state index in [1.807, 2.05) is 30.0 Å². The van der Waals surface area contributed by atoms with E-state index < -0.39 is 17.7 Å². The number of thiocarbonyl (C=S) groups is 1. The van der Waals surface area contributed by atoms with Crippen LogP contribution in [-0.4, -0.2) is 16.7 Å². The Hall–Kier alpha value is -2.51. The summed E-state index contributed by atoms with van der Waals surface area (Å²) in [4.78, 5) is 15.5. The van der Waals surface area contributed by atoms with Gasteiger partial charge in [-0.25, -0.2) is 0 Å². The lowest BCUT2D eigenvalue weighted by Gasteiger charge is -2.56. The van der Waals surface area contributed by atoms with Crippen molar-refractivity contribution in [3.05, 3.63) is 87.4 Å². The lowest BCUT2D eigenvalue weighted by molar-refractivity contribution is -0.130. The summed E-state index contributed by atoms with van der Waals surface area (Å²) in [6.07, 6.45) is 0. The van der Waals surface area contributed by atoms with Gasteiger partial charge in [-0.1, -0.05) is 34.8 Å².